The average Bonchev–Trinajstić information content (AvgIpc) is 2.64. The SMILES string of the molecule is CC(=O)OCc1cc(C#N)ccc1B1OC(C)(C)C(C)(C)O1. The quantitative estimate of drug-likeness (QED) is 0.630. The van der Waals surface area contributed by atoms with Gasteiger partial charge in [-0.1, -0.05) is 6.07 Å². The van der Waals surface area contributed by atoms with Gasteiger partial charge in [0.2, 0.25) is 0 Å². The number of esters is 1. The molecule has 0 radical (unpaired) electrons. The molecule has 22 heavy (non-hydrogen) atoms. The second-order valence-electron chi connectivity index (χ2n) is 6.39. The predicted molar refractivity (Wildman–Crippen MR) is 82.3 cm³/mol. The number of carbonyl (C=O) groups excluding carboxylic acids is 1. The third-order valence-electron chi connectivity index (χ3n) is 4.21. The summed E-state index contributed by atoms with van der Waals surface area (Å²) in [6.45, 7) is 9.34. The molecule has 116 valence electrons. The summed E-state index contributed by atoms with van der Waals surface area (Å²) in [5.41, 5.74) is 1.09. The summed E-state index contributed by atoms with van der Waals surface area (Å²) in [7, 11) is -0.552. The van der Waals surface area contributed by atoms with E-state index in [0.29, 0.717) is 11.1 Å². The molecule has 0 N–H and O–H groups in total. The molecule has 1 aliphatic rings. The number of benzene rings is 1. The molecule has 1 aromatic rings. The molecule has 0 spiro atoms. The summed E-state index contributed by atoms with van der Waals surface area (Å²) in [6.07, 6.45) is 0. The molecule has 0 aromatic heterocycles. The normalized spacial score (nSPS) is 18.8. The van der Waals surface area contributed by atoms with Gasteiger partial charge in [-0.25, -0.2) is 0 Å². The Bertz CT molecular complexity index is 618. The van der Waals surface area contributed by atoms with Gasteiger partial charge < -0.3 is 14.0 Å². The van der Waals surface area contributed by atoms with Gasteiger partial charge in [-0.3, -0.25) is 4.79 Å². The van der Waals surface area contributed by atoms with Crippen molar-refractivity contribution in [2.75, 3.05) is 0 Å². The number of hydrogen-bond donors (Lipinski definition) is 0. The molecule has 1 aliphatic heterocycles. The van der Waals surface area contributed by atoms with Crippen LogP contribution in [0, 0.1) is 11.3 Å². The number of hydrogen-bond acceptors (Lipinski definition) is 5. The van der Waals surface area contributed by atoms with Gasteiger partial charge in [-0.2, -0.15) is 5.26 Å². The Kier molecular flexibility index (Phi) is 4.32. The summed E-state index contributed by atoms with van der Waals surface area (Å²) in [5, 5.41) is 9.04. The zero-order chi connectivity index (χ0) is 16.5. The molecule has 0 unspecified atom stereocenters. The van der Waals surface area contributed by atoms with Crippen LogP contribution in [0.2, 0.25) is 0 Å². The van der Waals surface area contributed by atoms with Crippen LogP contribution in [0.3, 0.4) is 0 Å². The fraction of sp³-hybridized carbons (Fsp3) is 0.500. The largest absolute Gasteiger partial charge is 0.495 e. The van der Waals surface area contributed by atoms with E-state index in [9.17, 15) is 4.79 Å². The van der Waals surface area contributed by atoms with Crippen molar-refractivity contribution in [2.24, 2.45) is 0 Å². The maximum Gasteiger partial charge on any atom is 0.495 e. The van der Waals surface area contributed by atoms with E-state index in [-0.39, 0.29) is 12.6 Å². The monoisotopic (exact) mass is 301 g/mol. The molecule has 0 amide bonds. The zero-order valence-corrected chi connectivity index (χ0v) is 13.6. The first-order valence-electron chi connectivity index (χ1n) is 7.18. The molecule has 1 aromatic carbocycles. The van der Waals surface area contributed by atoms with Crippen LogP contribution >= 0.6 is 0 Å². The van der Waals surface area contributed by atoms with Crippen molar-refractivity contribution in [1.82, 2.24) is 0 Å². The van der Waals surface area contributed by atoms with Gasteiger partial charge in [0.1, 0.15) is 6.61 Å². The lowest BCUT2D eigenvalue weighted by atomic mass is 9.75. The van der Waals surface area contributed by atoms with Gasteiger partial charge in [-0.15, -0.1) is 0 Å². The second kappa shape index (κ2) is 5.75. The third kappa shape index (κ3) is 3.16. The maximum absolute atomic E-state index is 11.1. The van der Waals surface area contributed by atoms with Crippen LogP contribution in [-0.2, 0) is 25.4 Å². The number of nitrogens with zero attached hydrogens (tertiary/aromatic N) is 1. The molecular formula is C16H20BNO4. The van der Waals surface area contributed by atoms with Crippen molar-refractivity contribution in [3.8, 4) is 6.07 Å². The highest BCUT2D eigenvalue weighted by molar-refractivity contribution is 6.62. The summed E-state index contributed by atoms with van der Waals surface area (Å²) in [4.78, 5) is 11.1. The van der Waals surface area contributed by atoms with E-state index in [1.807, 2.05) is 27.7 Å². The van der Waals surface area contributed by atoms with E-state index in [1.165, 1.54) is 6.92 Å². The minimum Gasteiger partial charge on any atom is -0.461 e. The van der Waals surface area contributed by atoms with Crippen LogP contribution in [0.4, 0.5) is 0 Å². The number of ether oxygens (including phenoxy) is 1. The Labute approximate surface area is 131 Å². The number of carbonyl (C=O) groups is 1. The Morgan fingerprint density at radius 3 is 2.36 bits per heavy atom. The minimum absolute atomic E-state index is 0.0876. The van der Waals surface area contributed by atoms with E-state index in [1.54, 1.807) is 18.2 Å². The van der Waals surface area contributed by atoms with E-state index in [2.05, 4.69) is 6.07 Å². The highest BCUT2D eigenvalue weighted by Crippen LogP contribution is 2.36. The highest BCUT2D eigenvalue weighted by Gasteiger charge is 2.52. The summed E-state index contributed by atoms with van der Waals surface area (Å²) < 4.78 is 17.1. The molecule has 1 heterocycles. The summed E-state index contributed by atoms with van der Waals surface area (Å²) in [5.74, 6) is -0.373. The van der Waals surface area contributed by atoms with Crippen LogP contribution in [0.25, 0.3) is 0 Å². The van der Waals surface area contributed by atoms with E-state index in [0.717, 1.165) is 5.46 Å². The smallest absolute Gasteiger partial charge is 0.461 e. The fourth-order valence-electron chi connectivity index (χ4n) is 2.18. The third-order valence-corrected chi connectivity index (χ3v) is 4.21. The lowest BCUT2D eigenvalue weighted by Gasteiger charge is -2.32. The predicted octanol–water partition coefficient (Wildman–Crippen LogP) is 1.92. The van der Waals surface area contributed by atoms with Crippen LogP contribution in [0.15, 0.2) is 18.2 Å². The van der Waals surface area contributed by atoms with Gasteiger partial charge in [-0.05, 0) is 50.9 Å². The van der Waals surface area contributed by atoms with Crippen molar-refractivity contribution in [3.05, 3.63) is 29.3 Å². The Balaban J connectivity index is 2.35. The Morgan fingerprint density at radius 2 is 1.86 bits per heavy atom. The average molecular weight is 301 g/mol. The van der Waals surface area contributed by atoms with Crippen LogP contribution in [-0.4, -0.2) is 24.3 Å². The van der Waals surface area contributed by atoms with Crippen LogP contribution < -0.4 is 5.46 Å². The van der Waals surface area contributed by atoms with E-state index >= 15 is 0 Å². The topological polar surface area (TPSA) is 68.6 Å². The van der Waals surface area contributed by atoms with Gasteiger partial charge in [0.25, 0.3) is 0 Å². The molecule has 2 rings (SSSR count). The Hall–Kier alpha value is -1.84. The number of rotatable bonds is 3. The lowest BCUT2D eigenvalue weighted by molar-refractivity contribution is -0.142. The van der Waals surface area contributed by atoms with Gasteiger partial charge in [0, 0.05) is 6.92 Å². The zero-order valence-electron chi connectivity index (χ0n) is 13.6. The fourth-order valence-corrected chi connectivity index (χ4v) is 2.18. The van der Waals surface area contributed by atoms with E-state index < -0.39 is 18.3 Å². The summed E-state index contributed by atoms with van der Waals surface area (Å²) in [6, 6.07) is 7.28. The van der Waals surface area contributed by atoms with Crippen LogP contribution in [0.5, 0.6) is 0 Å². The molecule has 1 fully saturated rings. The minimum atomic E-state index is -0.552. The maximum atomic E-state index is 11.1. The first-order chi connectivity index (χ1) is 10.2. The standard InChI is InChI=1S/C16H20BNO4/c1-11(19)20-10-13-8-12(9-18)6-7-14(13)17-21-15(2,3)16(4,5)22-17/h6-8H,10H2,1-5H3. The van der Waals surface area contributed by atoms with Gasteiger partial charge in [0.15, 0.2) is 0 Å². The van der Waals surface area contributed by atoms with Crippen molar-refractivity contribution < 1.29 is 18.8 Å². The van der Waals surface area contributed by atoms with Crippen molar-refractivity contribution in [3.63, 3.8) is 0 Å². The summed E-state index contributed by atoms with van der Waals surface area (Å²) >= 11 is 0. The van der Waals surface area contributed by atoms with E-state index in [4.69, 9.17) is 19.3 Å². The van der Waals surface area contributed by atoms with Crippen molar-refractivity contribution >= 4 is 18.6 Å². The molecule has 0 atom stereocenters. The van der Waals surface area contributed by atoms with Gasteiger partial charge in [0.05, 0.1) is 22.8 Å². The lowest BCUT2D eigenvalue weighted by Crippen LogP contribution is -2.41. The highest BCUT2D eigenvalue weighted by atomic mass is 16.7. The molecule has 6 heteroatoms. The Morgan fingerprint density at radius 1 is 1.27 bits per heavy atom. The molecule has 0 saturated carbocycles. The molecule has 0 bridgehead atoms. The molecule has 5 nitrogen and oxygen atoms in total. The van der Waals surface area contributed by atoms with Crippen LogP contribution in [0.1, 0.15) is 45.7 Å². The first kappa shape index (κ1) is 16.5. The molecular weight excluding hydrogens is 281 g/mol. The van der Waals surface area contributed by atoms with Crippen molar-refractivity contribution in [2.45, 2.75) is 52.4 Å². The number of nitriles is 1. The second-order valence-corrected chi connectivity index (χ2v) is 6.39. The first-order valence-corrected chi connectivity index (χ1v) is 7.18. The molecule has 0 aliphatic carbocycles. The molecule has 1 saturated heterocycles. The van der Waals surface area contributed by atoms with Gasteiger partial charge >= 0.3 is 13.1 Å². The van der Waals surface area contributed by atoms with Crippen molar-refractivity contribution in [1.29, 1.82) is 5.26 Å².